The van der Waals surface area contributed by atoms with Crippen molar-refractivity contribution in [2.75, 3.05) is 19.8 Å². The van der Waals surface area contributed by atoms with Crippen molar-refractivity contribution in [3.63, 3.8) is 0 Å². The second-order valence-electron chi connectivity index (χ2n) is 10.9. The van der Waals surface area contributed by atoms with E-state index in [9.17, 15) is 49.2 Å². The van der Waals surface area contributed by atoms with E-state index in [0.29, 0.717) is 0 Å². The summed E-state index contributed by atoms with van der Waals surface area (Å²) in [6.45, 7) is 4.00. The number of nitrogens with two attached hydrogens (primary N) is 2. The number of rotatable bonds is 17. The molecule has 0 spiro atoms. The van der Waals surface area contributed by atoms with Gasteiger partial charge in [-0.25, -0.2) is 4.79 Å². The first-order valence-corrected chi connectivity index (χ1v) is 14.7. The normalized spacial score (nSPS) is 24.4. The summed E-state index contributed by atoms with van der Waals surface area (Å²) in [5.41, 5.74) is 10.8. The summed E-state index contributed by atoms with van der Waals surface area (Å²) in [4.78, 5) is 64.8. The maximum atomic E-state index is 11.6. The molecule has 1 heterocycles. The van der Waals surface area contributed by atoms with Gasteiger partial charge in [-0.05, 0) is 20.3 Å². The first-order valence-electron chi connectivity index (χ1n) is 14.7. The first kappa shape index (κ1) is 47.7. The molecule has 0 bridgehead atoms. The van der Waals surface area contributed by atoms with Gasteiger partial charge in [0.05, 0.1) is 25.4 Å². The molecule has 0 radical (unpaired) electrons. The number of carboxylic acids is 3. The number of carbonyl (C=O) groups excluding carboxylic acids is 3. The number of hydrogen-bond acceptors (Lipinski definition) is 17. The van der Waals surface area contributed by atoms with E-state index in [1.165, 1.54) is 13.8 Å². The summed E-state index contributed by atoms with van der Waals surface area (Å²) < 4.78 is 10.6. The van der Waals surface area contributed by atoms with Crippen LogP contribution in [-0.2, 0) is 38.2 Å². The number of nitrogens with zero attached hydrogens (tertiary/aromatic N) is 1. The molecule has 0 saturated carbocycles. The molecule has 49 heavy (non-hydrogen) atoms. The number of carboxylic acid groups (broad SMARTS) is 3. The van der Waals surface area contributed by atoms with Gasteiger partial charge in [-0.2, -0.15) is 0 Å². The Labute approximate surface area is 280 Å². The molecule has 2 amide bonds. The van der Waals surface area contributed by atoms with E-state index in [1.807, 2.05) is 0 Å². The molecule has 1 aliphatic rings. The van der Waals surface area contributed by atoms with Crippen LogP contribution in [0.1, 0.15) is 40.5 Å². The van der Waals surface area contributed by atoms with Crippen LogP contribution in [0.5, 0.6) is 0 Å². The van der Waals surface area contributed by atoms with Gasteiger partial charge in [-0.3, -0.25) is 19.2 Å². The van der Waals surface area contributed by atoms with Crippen molar-refractivity contribution in [2.24, 2.45) is 11.5 Å². The predicted octanol–water partition coefficient (Wildman–Crippen LogP) is -6.49. The number of ether oxygens (including phenoxy) is 2. The summed E-state index contributed by atoms with van der Waals surface area (Å²) >= 11 is 0. The fourth-order valence-electron chi connectivity index (χ4n) is 3.94. The van der Waals surface area contributed by atoms with Crippen LogP contribution >= 0.6 is 0 Å². The van der Waals surface area contributed by atoms with Gasteiger partial charge in [0.2, 0.25) is 11.8 Å². The van der Waals surface area contributed by atoms with E-state index < -0.39 is 116 Å². The third-order valence-electron chi connectivity index (χ3n) is 6.80. The lowest BCUT2D eigenvalue weighted by atomic mass is 9.97. The minimum atomic E-state index is -1.71. The smallest absolute Gasteiger partial charge is 0.326 e. The molecular weight excluding hydrogens is 668 g/mol. The van der Waals surface area contributed by atoms with Gasteiger partial charge in [0.15, 0.2) is 6.29 Å². The number of aliphatic carboxylic acids is 3. The van der Waals surface area contributed by atoms with E-state index in [-0.39, 0.29) is 25.7 Å². The Kier molecular flexibility index (Phi) is 23.2. The summed E-state index contributed by atoms with van der Waals surface area (Å²) in [5, 5.41) is 92.5. The molecular formula is C27H50N4O18. The number of aliphatic hydroxyl groups is 7. The number of hydrogen-bond donors (Lipinski definition) is 13. The monoisotopic (exact) mass is 718 g/mol. The van der Waals surface area contributed by atoms with Crippen molar-refractivity contribution in [1.82, 2.24) is 10.2 Å². The molecule has 1 aliphatic heterocycles. The van der Waals surface area contributed by atoms with Gasteiger partial charge in [-0.1, -0.05) is 0 Å². The highest BCUT2D eigenvalue weighted by Gasteiger charge is 2.44. The maximum Gasteiger partial charge on any atom is 0.326 e. The van der Waals surface area contributed by atoms with Crippen LogP contribution in [0.15, 0.2) is 0 Å². The molecule has 22 nitrogen and oxygen atoms in total. The second-order valence-corrected chi connectivity index (χ2v) is 10.9. The van der Waals surface area contributed by atoms with E-state index >= 15 is 0 Å². The molecule has 0 aromatic heterocycles. The van der Waals surface area contributed by atoms with Gasteiger partial charge in [-0.15, -0.1) is 0 Å². The Balaban J connectivity index is 0. The van der Waals surface area contributed by atoms with E-state index in [1.54, 1.807) is 6.92 Å². The lowest BCUT2D eigenvalue weighted by molar-refractivity contribution is -0.263. The first-order chi connectivity index (χ1) is 22.6. The van der Waals surface area contributed by atoms with E-state index in [2.05, 4.69) is 5.32 Å². The fraction of sp³-hybridized carbons (Fsp3) is 0.778. The quantitative estimate of drug-likeness (QED) is 0.0622. The molecule has 15 N–H and O–H groups in total. The number of carbonyl (C=O) groups is 6. The Bertz CT molecular complexity index is 1050. The molecule has 12 atom stereocenters. The van der Waals surface area contributed by atoms with E-state index in [4.69, 9.17) is 51.6 Å². The van der Waals surface area contributed by atoms with Crippen molar-refractivity contribution in [3.8, 4) is 0 Å². The van der Waals surface area contributed by atoms with Crippen LogP contribution in [-0.4, -0.2) is 185 Å². The minimum Gasteiger partial charge on any atom is -0.481 e. The van der Waals surface area contributed by atoms with Crippen molar-refractivity contribution in [3.05, 3.63) is 0 Å². The van der Waals surface area contributed by atoms with Gasteiger partial charge in [0.1, 0.15) is 61.0 Å². The lowest BCUT2D eigenvalue weighted by Gasteiger charge is -2.42. The molecule has 1 fully saturated rings. The SMILES string of the molecule is CC(=O)N(CC(C)O[C@@H]1[C@@H](N)[C@@H](O)O[C@H](CO)[C@H]1O)[C@@H](C)C(=O)O.CC(=O)N[C@@H](C=O)[C@@H](O)[C@H](O)[C@H](O)CO.N[C@H](CCC(=O)O)C(=O)O. The summed E-state index contributed by atoms with van der Waals surface area (Å²) in [6.07, 6.45) is -10.4. The Morgan fingerprint density at radius 1 is 0.980 bits per heavy atom. The van der Waals surface area contributed by atoms with Crippen LogP contribution in [0, 0.1) is 0 Å². The third kappa shape index (κ3) is 17.7. The van der Waals surface area contributed by atoms with Gasteiger partial charge < -0.3 is 87.0 Å². The topological polar surface area (TPSA) is 390 Å². The van der Waals surface area contributed by atoms with Gasteiger partial charge in [0.25, 0.3) is 0 Å². The largest absolute Gasteiger partial charge is 0.481 e. The van der Waals surface area contributed by atoms with Crippen LogP contribution in [0.2, 0.25) is 0 Å². The molecule has 22 heteroatoms. The third-order valence-corrected chi connectivity index (χ3v) is 6.80. The fourth-order valence-corrected chi connectivity index (χ4v) is 3.94. The molecule has 1 unspecified atom stereocenters. The van der Waals surface area contributed by atoms with Crippen molar-refractivity contribution < 1.29 is 89.3 Å². The second kappa shape index (κ2) is 23.9. The molecule has 286 valence electrons. The summed E-state index contributed by atoms with van der Waals surface area (Å²) in [7, 11) is 0. The molecule has 1 rings (SSSR count). The molecule has 0 aliphatic carbocycles. The highest BCUT2D eigenvalue weighted by atomic mass is 16.6. The van der Waals surface area contributed by atoms with Gasteiger partial charge in [0, 0.05) is 26.8 Å². The number of aliphatic hydroxyl groups excluding tert-OH is 7. The number of nitrogens with one attached hydrogen (secondary N) is 1. The zero-order valence-corrected chi connectivity index (χ0v) is 27.4. The van der Waals surface area contributed by atoms with Crippen molar-refractivity contribution in [2.45, 2.75) is 114 Å². The van der Waals surface area contributed by atoms with Crippen LogP contribution in [0.25, 0.3) is 0 Å². The highest BCUT2D eigenvalue weighted by molar-refractivity contribution is 5.82. The zero-order chi connectivity index (χ0) is 38.8. The Morgan fingerprint density at radius 3 is 1.92 bits per heavy atom. The highest BCUT2D eigenvalue weighted by Crippen LogP contribution is 2.22. The zero-order valence-electron chi connectivity index (χ0n) is 27.4. The average molecular weight is 719 g/mol. The standard InChI is InChI=1S/C14H26N2O8.C8H15NO6.C5H9NO4/c1-6(4-16(8(3)18)7(2)13(20)21)23-12-10(15)14(22)24-9(5-17)11(12)19;1-4(12)9-5(2-10)7(14)8(15)6(13)3-11;6-3(5(9)10)1-2-4(7)8/h6-7,9-12,14,17,19,22H,4-5,15H2,1-3H3,(H,20,21);2,5-8,11,13-15H,3H2,1H3,(H,9,12);3H,1-2,6H2,(H,7,8)(H,9,10)/t6?,7-,9+,10+,11+,12+,14-;5-,6+,7+,8+;3-/m001/s1. The van der Waals surface area contributed by atoms with Crippen LogP contribution in [0.3, 0.4) is 0 Å². The summed E-state index contributed by atoms with van der Waals surface area (Å²) in [6, 6.07) is -4.49. The Hall–Kier alpha value is -3.42. The van der Waals surface area contributed by atoms with Gasteiger partial charge >= 0.3 is 17.9 Å². The van der Waals surface area contributed by atoms with E-state index in [0.717, 1.165) is 11.8 Å². The van der Waals surface area contributed by atoms with Crippen LogP contribution in [0.4, 0.5) is 0 Å². The lowest BCUT2D eigenvalue weighted by Crippen LogP contribution is -2.63. The summed E-state index contributed by atoms with van der Waals surface area (Å²) in [5.74, 6) is -4.35. The Morgan fingerprint density at radius 2 is 1.53 bits per heavy atom. The number of aldehydes is 1. The molecule has 1 saturated heterocycles. The minimum absolute atomic E-state index is 0.0231. The average Bonchev–Trinajstić information content (AvgIpc) is 3.03. The maximum absolute atomic E-state index is 11.6. The molecule has 0 aromatic carbocycles. The van der Waals surface area contributed by atoms with Crippen LogP contribution < -0.4 is 16.8 Å². The number of amides is 2. The van der Waals surface area contributed by atoms with Crippen molar-refractivity contribution in [1.29, 1.82) is 0 Å². The molecule has 0 aromatic rings. The predicted molar refractivity (Wildman–Crippen MR) is 162 cm³/mol. The van der Waals surface area contributed by atoms with Crippen molar-refractivity contribution >= 4 is 36.0 Å².